The van der Waals surface area contributed by atoms with Gasteiger partial charge in [-0.15, -0.1) is 0 Å². The van der Waals surface area contributed by atoms with Gasteiger partial charge in [0.15, 0.2) is 11.5 Å². The molecule has 0 fully saturated rings. The molecule has 0 bridgehead atoms. The third-order valence-corrected chi connectivity index (χ3v) is 4.83. The van der Waals surface area contributed by atoms with Gasteiger partial charge in [0.05, 0.1) is 7.11 Å². The smallest absolute Gasteiger partial charge is 0.308 e. The van der Waals surface area contributed by atoms with Crippen LogP contribution >= 0.6 is 11.8 Å². The van der Waals surface area contributed by atoms with Crippen molar-refractivity contribution < 1.29 is 28.2 Å². The fourth-order valence-corrected chi connectivity index (χ4v) is 3.70. The van der Waals surface area contributed by atoms with Gasteiger partial charge in [0.25, 0.3) is 0 Å². The second-order valence-electron chi connectivity index (χ2n) is 5.83. The van der Waals surface area contributed by atoms with E-state index in [0.29, 0.717) is 10.8 Å². The summed E-state index contributed by atoms with van der Waals surface area (Å²) in [5, 5.41) is 1.14. The summed E-state index contributed by atoms with van der Waals surface area (Å²) in [6, 6.07) is 12.9. The van der Waals surface area contributed by atoms with E-state index in [2.05, 4.69) is 0 Å². The molecule has 5 nitrogen and oxygen atoms in total. The molecule has 0 N–H and O–H groups in total. The average Bonchev–Trinajstić information content (AvgIpc) is 2.64. The number of methoxy groups -OCH3 is 1. The zero-order chi connectivity index (χ0) is 20.3. The summed E-state index contributed by atoms with van der Waals surface area (Å²) >= 11 is 1.37. The number of benzene rings is 3. The van der Waals surface area contributed by atoms with Crippen LogP contribution in [0.25, 0.3) is 10.8 Å². The number of carbonyl (C=O) groups is 2. The maximum atomic E-state index is 13.2. The number of halogens is 1. The molecule has 0 heterocycles. The molecule has 0 aliphatic heterocycles. The number of fused-ring (bicyclic) bond motifs is 1. The summed E-state index contributed by atoms with van der Waals surface area (Å²) in [6.45, 7) is 2.59. The third kappa shape index (κ3) is 4.26. The topological polar surface area (TPSA) is 61.8 Å². The lowest BCUT2D eigenvalue weighted by Gasteiger charge is -2.17. The van der Waals surface area contributed by atoms with E-state index in [4.69, 9.17) is 14.2 Å². The minimum absolute atomic E-state index is 0.238. The van der Waals surface area contributed by atoms with Crippen molar-refractivity contribution in [2.45, 2.75) is 23.6 Å². The molecule has 7 heteroatoms. The van der Waals surface area contributed by atoms with E-state index in [9.17, 15) is 14.0 Å². The van der Waals surface area contributed by atoms with Crippen molar-refractivity contribution >= 4 is 34.5 Å². The molecule has 0 amide bonds. The maximum absolute atomic E-state index is 13.2. The fraction of sp³-hybridized carbons (Fsp3) is 0.143. The Morgan fingerprint density at radius 3 is 2.21 bits per heavy atom. The Hall–Kier alpha value is -3.06. The van der Waals surface area contributed by atoms with Gasteiger partial charge in [-0.05, 0) is 30.3 Å². The zero-order valence-electron chi connectivity index (χ0n) is 15.4. The summed E-state index contributed by atoms with van der Waals surface area (Å²) in [4.78, 5) is 24.8. The summed E-state index contributed by atoms with van der Waals surface area (Å²) in [7, 11) is 1.43. The first kappa shape index (κ1) is 19.7. The number of carbonyl (C=O) groups excluding carboxylic acids is 2. The van der Waals surface area contributed by atoms with Gasteiger partial charge < -0.3 is 14.2 Å². The SMILES string of the molecule is COc1cc(OC(C)=O)c2c(Sc3ccc(F)cc3)cccc2c1OC(C)=O. The standard InChI is InChI=1S/C21H17FO5S/c1-12(23)26-17-11-18(25-3)21(27-13(2)24)16-5-4-6-19(20(16)17)28-15-9-7-14(22)8-10-15/h4-11H,1-3H3. The molecule has 0 unspecified atom stereocenters. The first-order valence-corrected chi connectivity index (χ1v) is 9.14. The highest BCUT2D eigenvalue weighted by Crippen LogP contribution is 2.46. The minimum atomic E-state index is -0.503. The Balaban J connectivity index is 2.24. The minimum Gasteiger partial charge on any atom is -0.493 e. The molecule has 0 aromatic heterocycles. The van der Waals surface area contributed by atoms with E-state index in [1.54, 1.807) is 24.3 Å². The molecular formula is C21H17FO5S. The Morgan fingerprint density at radius 2 is 1.61 bits per heavy atom. The quantitative estimate of drug-likeness (QED) is 0.444. The lowest BCUT2D eigenvalue weighted by molar-refractivity contribution is -0.133. The second kappa shape index (κ2) is 8.31. The summed E-state index contributed by atoms with van der Waals surface area (Å²) in [5.41, 5.74) is 0. The van der Waals surface area contributed by atoms with Crippen molar-refractivity contribution in [3.05, 3.63) is 54.3 Å². The van der Waals surface area contributed by atoms with Gasteiger partial charge in [0.2, 0.25) is 0 Å². The van der Waals surface area contributed by atoms with Crippen molar-refractivity contribution in [1.29, 1.82) is 0 Å². The Labute approximate surface area is 165 Å². The van der Waals surface area contributed by atoms with E-state index >= 15 is 0 Å². The number of hydrogen-bond donors (Lipinski definition) is 0. The number of hydrogen-bond acceptors (Lipinski definition) is 6. The van der Waals surface area contributed by atoms with E-state index in [1.807, 2.05) is 6.07 Å². The molecule has 3 aromatic rings. The van der Waals surface area contributed by atoms with Crippen LogP contribution in [-0.4, -0.2) is 19.0 Å². The second-order valence-corrected chi connectivity index (χ2v) is 6.94. The van der Waals surface area contributed by atoms with Gasteiger partial charge in [0.1, 0.15) is 11.6 Å². The van der Waals surface area contributed by atoms with Gasteiger partial charge in [-0.25, -0.2) is 4.39 Å². The van der Waals surface area contributed by atoms with Crippen LogP contribution in [0.15, 0.2) is 58.3 Å². The molecule has 144 valence electrons. The summed E-state index contributed by atoms with van der Waals surface area (Å²) in [6.07, 6.45) is 0. The van der Waals surface area contributed by atoms with Crippen LogP contribution in [0.2, 0.25) is 0 Å². The van der Waals surface area contributed by atoms with Crippen LogP contribution in [0.4, 0.5) is 4.39 Å². The van der Waals surface area contributed by atoms with Crippen LogP contribution in [0.5, 0.6) is 17.2 Å². The Bertz CT molecular complexity index is 1050. The van der Waals surface area contributed by atoms with Gasteiger partial charge in [-0.3, -0.25) is 9.59 Å². The van der Waals surface area contributed by atoms with Crippen molar-refractivity contribution in [2.75, 3.05) is 7.11 Å². The van der Waals surface area contributed by atoms with E-state index in [1.165, 1.54) is 50.9 Å². The van der Waals surface area contributed by atoms with E-state index in [-0.39, 0.29) is 23.1 Å². The average molecular weight is 400 g/mol. The highest BCUT2D eigenvalue weighted by atomic mass is 32.2. The molecule has 0 saturated heterocycles. The van der Waals surface area contributed by atoms with Crippen LogP contribution < -0.4 is 14.2 Å². The van der Waals surface area contributed by atoms with Crippen molar-refractivity contribution in [2.24, 2.45) is 0 Å². The largest absolute Gasteiger partial charge is 0.493 e. The number of esters is 2. The predicted molar refractivity (Wildman–Crippen MR) is 104 cm³/mol. The molecule has 3 aromatic carbocycles. The summed E-state index contributed by atoms with van der Waals surface area (Å²) in [5.74, 6) is -0.544. The Morgan fingerprint density at radius 1 is 0.929 bits per heavy atom. The van der Waals surface area contributed by atoms with Gasteiger partial charge in [-0.1, -0.05) is 23.9 Å². The van der Waals surface area contributed by atoms with E-state index in [0.717, 1.165) is 9.79 Å². The van der Waals surface area contributed by atoms with Crippen LogP contribution in [-0.2, 0) is 9.59 Å². The van der Waals surface area contributed by atoms with Gasteiger partial charge >= 0.3 is 11.9 Å². The highest BCUT2D eigenvalue weighted by Gasteiger charge is 2.20. The first-order valence-electron chi connectivity index (χ1n) is 8.33. The summed E-state index contributed by atoms with van der Waals surface area (Å²) < 4.78 is 29.3. The molecule has 3 rings (SSSR count). The van der Waals surface area contributed by atoms with E-state index < -0.39 is 11.9 Å². The molecular weight excluding hydrogens is 383 g/mol. The molecule has 0 spiro atoms. The lowest BCUT2D eigenvalue weighted by Crippen LogP contribution is -2.06. The number of rotatable bonds is 5. The molecule has 0 aliphatic carbocycles. The predicted octanol–water partition coefficient (Wildman–Crippen LogP) is 4.99. The zero-order valence-corrected chi connectivity index (χ0v) is 16.3. The lowest BCUT2D eigenvalue weighted by atomic mass is 10.1. The number of ether oxygens (including phenoxy) is 3. The van der Waals surface area contributed by atoms with Crippen LogP contribution in [0, 0.1) is 5.82 Å². The van der Waals surface area contributed by atoms with Crippen molar-refractivity contribution in [3.8, 4) is 17.2 Å². The highest BCUT2D eigenvalue weighted by molar-refractivity contribution is 7.99. The maximum Gasteiger partial charge on any atom is 0.308 e. The monoisotopic (exact) mass is 400 g/mol. The Kier molecular flexibility index (Phi) is 5.84. The molecule has 0 saturated carbocycles. The molecule has 0 radical (unpaired) electrons. The third-order valence-electron chi connectivity index (χ3n) is 3.76. The fourth-order valence-electron chi connectivity index (χ4n) is 2.71. The molecule has 0 aliphatic rings. The van der Waals surface area contributed by atoms with Crippen molar-refractivity contribution in [3.63, 3.8) is 0 Å². The van der Waals surface area contributed by atoms with Crippen LogP contribution in [0.3, 0.4) is 0 Å². The van der Waals surface area contributed by atoms with Crippen molar-refractivity contribution in [1.82, 2.24) is 0 Å². The van der Waals surface area contributed by atoms with Crippen LogP contribution in [0.1, 0.15) is 13.8 Å². The van der Waals surface area contributed by atoms with Gasteiger partial charge in [0, 0.05) is 40.5 Å². The molecule has 0 atom stereocenters. The normalized spacial score (nSPS) is 10.6. The molecule has 28 heavy (non-hydrogen) atoms. The van der Waals surface area contributed by atoms with Gasteiger partial charge in [-0.2, -0.15) is 0 Å². The first-order chi connectivity index (χ1) is 13.4.